The summed E-state index contributed by atoms with van der Waals surface area (Å²) >= 11 is 0. The molecule has 37 heavy (non-hydrogen) atoms. The third-order valence-electron chi connectivity index (χ3n) is 6.19. The van der Waals surface area contributed by atoms with E-state index >= 15 is 0 Å². The van der Waals surface area contributed by atoms with Gasteiger partial charge in [0.1, 0.15) is 11.5 Å². The fourth-order valence-electron chi connectivity index (χ4n) is 4.26. The Labute approximate surface area is 217 Å². The van der Waals surface area contributed by atoms with Crippen molar-refractivity contribution in [2.45, 2.75) is 60.0 Å². The van der Waals surface area contributed by atoms with Crippen molar-refractivity contribution in [2.24, 2.45) is 5.41 Å². The molecule has 1 aliphatic rings. The second-order valence-corrected chi connectivity index (χ2v) is 10.5. The molecule has 3 aromatic rings. The standard InChI is InChI=1S/C29H34N2O6/c1-19-24(30-27(37-19)21-8-6-5-7-9-21)14-15-35-25-12-10-20(11-13-26(32)33)22-16-31(17-23(22)25)28(34)36-18-29(2,3)4/h5-10,12H,11,13-18H2,1-4H3,(H,32,33). The van der Waals surface area contributed by atoms with Crippen LogP contribution in [0.25, 0.3) is 11.5 Å². The smallest absolute Gasteiger partial charge is 0.410 e. The maximum absolute atomic E-state index is 12.8. The summed E-state index contributed by atoms with van der Waals surface area (Å²) in [5, 5.41) is 9.16. The van der Waals surface area contributed by atoms with Gasteiger partial charge >= 0.3 is 12.1 Å². The third kappa shape index (κ3) is 6.70. The van der Waals surface area contributed by atoms with Crippen molar-refractivity contribution in [1.29, 1.82) is 0 Å². The predicted octanol–water partition coefficient (Wildman–Crippen LogP) is 5.79. The number of carboxylic acid groups (broad SMARTS) is 1. The summed E-state index contributed by atoms with van der Waals surface area (Å²) in [5.41, 5.74) is 4.37. The van der Waals surface area contributed by atoms with Crippen LogP contribution in [0.15, 0.2) is 46.9 Å². The number of hydrogen-bond donors (Lipinski definition) is 1. The van der Waals surface area contributed by atoms with E-state index in [2.05, 4.69) is 4.98 Å². The van der Waals surface area contributed by atoms with Crippen molar-refractivity contribution in [3.63, 3.8) is 0 Å². The van der Waals surface area contributed by atoms with E-state index in [9.17, 15) is 9.59 Å². The molecule has 8 nitrogen and oxygen atoms in total. The number of nitrogens with zero attached hydrogens (tertiary/aromatic N) is 2. The van der Waals surface area contributed by atoms with Gasteiger partial charge in [-0.2, -0.15) is 0 Å². The molecule has 0 atom stereocenters. The fraction of sp³-hybridized carbons (Fsp3) is 0.414. The van der Waals surface area contributed by atoms with Gasteiger partial charge in [-0.25, -0.2) is 9.78 Å². The number of ether oxygens (including phenoxy) is 2. The normalized spacial score (nSPS) is 12.9. The Morgan fingerprint density at radius 3 is 2.49 bits per heavy atom. The maximum Gasteiger partial charge on any atom is 0.410 e. The van der Waals surface area contributed by atoms with Crippen molar-refractivity contribution in [2.75, 3.05) is 13.2 Å². The largest absolute Gasteiger partial charge is 0.493 e. The van der Waals surface area contributed by atoms with E-state index in [4.69, 9.17) is 19.0 Å². The van der Waals surface area contributed by atoms with Crippen LogP contribution in [0.4, 0.5) is 4.79 Å². The highest BCUT2D eigenvalue weighted by Gasteiger charge is 2.30. The van der Waals surface area contributed by atoms with Gasteiger partial charge in [0, 0.05) is 24.0 Å². The second-order valence-electron chi connectivity index (χ2n) is 10.5. The molecule has 1 aromatic heterocycles. The minimum absolute atomic E-state index is 0.0241. The first-order valence-electron chi connectivity index (χ1n) is 12.5. The topological polar surface area (TPSA) is 102 Å². The summed E-state index contributed by atoms with van der Waals surface area (Å²) in [6.45, 7) is 9.35. The summed E-state index contributed by atoms with van der Waals surface area (Å²) in [6, 6.07) is 13.5. The molecule has 0 radical (unpaired) electrons. The first kappa shape index (κ1) is 26.3. The summed E-state index contributed by atoms with van der Waals surface area (Å²) in [7, 11) is 0. The van der Waals surface area contributed by atoms with E-state index in [0.717, 1.165) is 33.7 Å². The van der Waals surface area contributed by atoms with Crippen LogP contribution < -0.4 is 4.74 Å². The van der Waals surface area contributed by atoms with Gasteiger partial charge in [-0.1, -0.05) is 45.0 Å². The fourth-order valence-corrected chi connectivity index (χ4v) is 4.26. The maximum atomic E-state index is 12.8. The van der Waals surface area contributed by atoms with E-state index in [1.807, 2.05) is 70.2 Å². The first-order valence-corrected chi connectivity index (χ1v) is 12.5. The van der Waals surface area contributed by atoms with Gasteiger partial charge < -0.3 is 19.0 Å². The number of oxazole rings is 1. The van der Waals surface area contributed by atoms with Crippen LogP contribution in [0, 0.1) is 12.3 Å². The van der Waals surface area contributed by atoms with Gasteiger partial charge in [0.05, 0.1) is 32.0 Å². The Hall–Kier alpha value is -3.81. The number of hydrogen-bond acceptors (Lipinski definition) is 6. The number of amides is 1. The van der Waals surface area contributed by atoms with Crippen molar-refractivity contribution in [3.8, 4) is 17.2 Å². The Morgan fingerprint density at radius 2 is 1.78 bits per heavy atom. The zero-order valence-electron chi connectivity index (χ0n) is 21.9. The van der Waals surface area contributed by atoms with Crippen molar-refractivity contribution in [3.05, 3.63) is 70.6 Å². The summed E-state index contributed by atoms with van der Waals surface area (Å²) in [5.74, 6) is 1.17. The molecule has 1 aliphatic heterocycles. The number of carbonyl (C=O) groups excluding carboxylic acids is 1. The van der Waals surface area contributed by atoms with Gasteiger partial charge in [-0.15, -0.1) is 0 Å². The van der Waals surface area contributed by atoms with Crippen molar-refractivity contribution >= 4 is 12.1 Å². The number of fused-ring (bicyclic) bond motifs is 1. The summed E-state index contributed by atoms with van der Waals surface area (Å²) < 4.78 is 17.5. The number of aryl methyl sites for hydroxylation is 2. The van der Waals surface area contributed by atoms with E-state index in [1.54, 1.807) is 4.90 Å². The molecular weight excluding hydrogens is 472 g/mol. The highest BCUT2D eigenvalue weighted by molar-refractivity contribution is 5.70. The molecule has 0 saturated carbocycles. The van der Waals surface area contributed by atoms with Crippen molar-refractivity contribution in [1.82, 2.24) is 9.88 Å². The number of rotatable bonds is 9. The van der Waals surface area contributed by atoms with E-state index in [1.165, 1.54) is 0 Å². The average Bonchev–Trinajstić information content (AvgIpc) is 3.46. The van der Waals surface area contributed by atoms with E-state index < -0.39 is 5.97 Å². The lowest BCUT2D eigenvalue weighted by Crippen LogP contribution is -2.29. The zero-order chi connectivity index (χ0) is 26.6. The molecule has 0 bridgehead atoms. The average molecular weight is 507 g/mol. The molecular formula is C29H34N2O6. The summed E-state index contributed by atoms with van der Waals surface area (Å²) in [6.07, 6.45) is 0.599. The third-order valence-corrected chi connectivity index (χ3v) is 6.19. The van der Waals surface area contributed by atoms with Gasteiger partial charge in [-0.3, -0.25) is 9.69 Å². The van der Waals surface area contributed by atoms with Gasteiger partial charge in [0.15, 0.2) is 0 Å². The molecule has 1 N–H and O–H groups in total. The Morgan fingerprint density at radius 1 is 1.05 bits per heavy atom. The monoisotopic (exact) mass is 506 g/mol. The lowest BCUT2D eigenvalue weighted by molar-refractivity contribution is -0.136. The molecule has 0 fully saturated rings. The molecule has 196 valence electrons. The lowest BCUT2D eigenvalue weighted by atomic mass is 9.99. The number of carboxylic acids is 1. The Bertz CT molecular complexity index is 1260. The van der Waals surface area contributed by atoms with Crippen LogP contribution in [0.5, 0.6) is 5.75 Å². The lowest BCUT2D eigenvalue weighted by Gasteiger charge is -2.21. The van der Waals surface area contributed by atoms with Gasteiger partial charge in [-0.05, 0) is 48.1 Å². The van der Waals surface area contributed by atoms with Crippen LogP contribution >= 0.6 is 0 Å². The molecule has 2 aromatic carbocycles. The van der Waals surface area contributed by atoms with E-state index in [0.29, 0.717) is 50.8 Å². The number of aliphatic carboxylic acids is 1. The van der Waals surface area contributed by atoms with Crippen molar-refractivity contribution < 1.29 is 28.6 Å². The van der Waals surface area contributed by atoms with Crippen LogP contribution in [0.3, 0.4) is 0 Å². The molecule has 2 heterocycles. The predicted molar refractivity (Wildman–Crippen MR) is 138 cm³/mol. The molecule has 8 heteroatoms. The minimum Gasteiger partial charge on any atom is -0.493 e. The Kier molecular flexibility index (Phi) is 7.86. The summed E-state index contributed by atoms with van der Waals surface area (Å²) in [4.78, 5) is 30.2. The van der Waals surface area contributed by atoms with Crippen LogP contribution in [0.2, 0.25) is 0 Å². The zero-order valence-corrected chi connectivity index (χ0v) is 21.9. The second kappa shape index (κ2) is 11.1. The molecule has 4 rings (SSSR count). The first-order chi connectivity index (χ1) is 17.6. The number of benzene rings is 2. The van der Waals surface area contributed by atoms with Crippen LogP contribution in [0.1, 0.15) is 55.3 Å². The molecule has 0 aliphatic carbocycles. The highest BCUT2D eigenvalue weighted by Crippen LogP contribution is 2.35. The Balaban J connectivity index is 1.46. The molecule has 0 saturated heterocycles. The minimum atomic E-state index is -0.855. The SMILES string of the molecule is Cc1oc(-c2ccccc2)nc1CCOc1ccc(CCC(=O)O)c2c1CN(C(=O)OCC(C)(C)C)C2. The number of aromatic nitrogens is 1. The quantitative estimate of drug-likeness (QED) is 0.392. The number of carbonyl (C=O) groups is 2. The molecule has 0 spiro atoms. The molecule has 1 amide bonds. The highest BCUT2D eigenvalue weighted by atomic mass is 16.6. The van der Waals surface area contributed by atoms with Gasteiger partial charge in [0.2, 0.25) is 5.89 Å². The van der Waals surface area contributed by atoms with Crippen LogP contribution in [-0.2, 0) is 35.5 Å². The van der Waals surface area contributed by atoms with E-state index in [-0.39, 0.29) is 17.9 Å². The molecule has 0 unspecified atom stereocenters. The van der Waals surface area contributed by atoms with Gasteiger partial charge in [0.25, 0.3) is 0 Å². The van der Waals surface area contributed by atoms with Crippen LogP contribution in [-0.4, -0.2) is 40.3 Å².